The summed E-state index contributed by atoms with van der Waals surface area (Å²) in [5.74, 6) is 0. The van der Waals surface area contributed by atoms with Crippen molar-refractivity contribution in [1.29, 1.82) is 0 Å². The van der Waals surface area contributed by atoms with E-state index in [1.807, 2.05) is 18.2 Å². The summed E-state index contributed by atoms with van der Waals surface area (Å²) in [6.07, 6.45) is 0. The van der Waals surface area contributed by atoms with Crippen LogP contribution in [0.15, 0.2) is 18.2 Å². The van der Waals surface area contributed by atoms with Gasteiger partial charge in [-0.1, -0.05) is 11.6 Å². The van der Waals surface area contributed by atoms with Crippen LogP contribution >= 0.6 is 35.2 Å². The van der Waals surface area contributed by atoms with E-state index in [9.17, 15) is 0 Å². The van der Waals surface area contributed by atoms with Crippen molar-refractivity contribution in [2.45, 2.75) is 0 Å². The van der Waals surface area contributed by atoms with Crippen molar-refractivity contribution in [3.8, 4) is 0 Å². The molecule has 0 atom stereocenters. The van der Waals surface area contributed by atoms with Gasteiger partial charge in [0.15, 0.2) is 3.95 Å². The summed E-state index contributed by atoms with van der Waals surface area (Å²) in [6.45, 7) is 0. The molecule has 57 valence electrons. The first-order valence-corrected chi connectivity index (χ1v) is 4.64. The van der Waals surface area contributed by atoms with Gasteiger partial charge in [0.25, 0.3) is 0 Å². The molecule has 5 heteroatoms. The van der Waals surface area contributed by atoms with Crippen LogP contribution in [0.25, 0.3) is 10.2 Å². The Balaban J connectivity index is 0.000000720. The molecule has 12 heavy (non-hydrogen) atoms. The number of rotatable bonds is 0. The Morgan fingerprint density at radius 1 is 1.42 bits per heavy atom. The molecule has 1 radical (unpaired) electrons. The minimum atomic E-state index is 0. The largest absolute Gasteiger partial charge is 0.337 e. The number of thiazole rings is 1. The maximum absolute atomic E-state index is 5.79. The monoisotopic (exact) mass is 240 g/mol. The summed E-state index contributed by atoms with van der Waals surface area (Å²) in [6, 6.07) is 5.69. The Hall–Kier alpha value is 1.26. The van der Waals surface area contributed by atoms with E-state index in [2.05, 4.69) is 4.98 Å². The molecule has 1 N–H and O–H groups in total. The van der Waals surface area contributed by atoms with Crippen LogP contribution in [0.1, 0.15) is 0 Å². The van der Waals surface area contributed by atoms with Crippen LogP contribution in [-0.2, 0) is 0 Å². The first-order chi connectivity index (χ1) is 5.25. The van der Waals surface area contributed by atoms with Crippen molar-refractivity contribution < 1.29 is 0 Å². The van der Waals surface area contributed by atoms with Crippen LogP contribution in [0.5, 0.6) is 0 Å². The Morgan fingerprint density at radius 3 is 2.92 bits per heavy atom. The predicted octanol–water partition coefficient (Wildman–Crippen LogP) is 3.23. The molecule has 0 aliphatic carbocycles. The van der Waals surface area contributed by atoms with Gasteiger partial charge in [0.1, 0.15) is 0 Å². The number of nitrogens with one attached hydrogen (secondary N) is 1. The van der Waals surface area contributed by atoms with Crippen LogP contribution in [0.3, 0.4) is 0 Å². The second kappa shape index (κ2) is 4.66. The van der Waals surface area contributed by atoms with Gasteiger partial charge >= 0.3 is 0 Å². The minimum Gasteiger partial charge on any atom is -0.337 e. The zero-order valence-corrected chi connectivity index (χ0v) is 11.9. The summed E-state index contributed by atoms with van der Waals surface area (Å²) in [7, 11) is 0. The molecule has 0 saturated heterocycles. The second-order valence-electron chi connectivity index (χ2n) is 2.16. The van der Waals surface area contributed by atoms with Crippen molar-refractivity contribution in [3.05, 3.63) is 27.2 Å². The molecule has 1 aromatic carbocycles. The van der Waals surface area contributed by atoms with Gasteiger partial charge in [-0.3, -0.25) is 0 Å². The maximum atomic E-state index is 5.79. The quantitative estimate of drug-likeness (QED) is 0.552. The van der Waals surface area contributed by atoms with Gasteiger partial charge in [-0.05, 0) is 30.4 Å². The third-order valence-corrected chi connectivity index (χ3v) is 2.82. The van der Waals surface area contributed by atoms with Gasteiger partial charge in [-0.15, -0.1) is 11.3 Å². The smallest absolute Gasteiger partial charge is 0.159 e. The van der Waals surface area contributed by atoms with E-state index in [1.54, 1.807) is 11.3 Å². The molecule has 0 aliphatic rings. The summed E-state index contributed by atoms with van der Waals surface area (Å²) in [5.41, 5.74) is 1.06. The molecule has 0 fully saturated rings. The van der Waals surface area contributed by atoms with Crippen LogP contribution in [0, 0.1) is 3.95 Å². The van der Waals surface area contributed by atoms with Crippen molar-refractivity contribution in [2.75, 3.05) is 0 Å². The average Bonchev–Trinajstić information content (AvgIpc) is 2.27. The molecule has 0 bridgehead atoms. The molecule has 0 saturated carbocycles. The first-order valence-electron chi connectivity index (χ1n) is 3.04. The van der Waals surface area contributed by atoms with E-state index in [0.29, 0.717) is 0 Å². The fourth-order valence-electron chi connectivity index (χ4n) is 0.919. The molecule has 1 nitrogen and oxygen atoms in total. The number of halogens is 1. The molecular weight excluding hydrogens is 237 g/mol. The number of H-pyrrole nitrogens is 1. The Morgan fingerprint density at radius 2 is 2.17 bits per heavy atom. The third kappa shape index (κ3) is 2.39. The van der Waals surface area contributed by atoms with Gasteiger partial charge < -0.3 is 4.98 Å². The van der Waals surface area contributed by atoms with Crippen molar-refractivity contribution in [3.63, 3.8) is 0 Å². The maximum Gasteiger partial charge on any atom is 0.159 e. The molecule has 2 rings (SSSR count). The predicted molar refractivity (Wildman–Crippen MR) is 57.8 cm³/mol. The zero-order chi connectivity index (χ0) is 7.84. The van der Waals surface area contributed by atoms with E-state index in [0.717, 1.165) is 19.2 Å². The van der Waals surface area contributed by atoms with Gasteiger partial charge in [0.05, 0.1) is 10.2 Å². The fraction of sp³-hybridized carbons (Fsp3) is 0. The molecule has 0 spiro atoms. The Labute approximate surface area is 127 Å². The topological polar surface area (TPSA) is 15.8 Å². The van der Waals surface area contributed by atoms with E-state index in [1.165, 1.54) is 0 Å². The number of fused-ring (bicyclic) bond motifs is 1. The van der Waals surface area contributed by atoms with E-state index in [-0.39, 0.29) is 51.4 Å². The van der Waals surface area contributed by atoms with Crippen molar-refractivity contribution >= 4 is 96.8 Å². The molecular formula is C7H4ClKNS2. The van der Waals surface area contributed by atoms with Crippen molar-refractivity contribution in [1.82, 2.24) is 4.98 Å². The molecule has 0 aliphatic heterocycles. The normalized spacial score (nSPS) is 9.75. The third-order valence-electron chi connectivity index (χ3n) is 1.38. The second-order valence-corrected chi connectivity index (χ2v) is 4.31. The van der Waals surface area contributed by atoms with Crippen molar-refractivity contribution in [2.24, 2.45) is 0 Å². The van der Waals surface area contributed by atoms with Gasteiger partial charge in [0.2, 0.25) is 0 Å². The summed E-state index contributed by atoms with van der Waals surface area (Å²) in [5, 5.41) is 0.753. The number of aromatic amines is 1. The molecule has 0 amide bonds. The van der Waals surface area contributed by atoms with Crippen LogP contribution in [0.2, 0.25) is 5.02 Å². The van der Waals surface area contributed by atoms with Crippen LogP contribution in [0.4, 0.5) is 0 Å². The Bertz CT molecular complexity index is 448. The Kier molecular flexibility index (Phi) is 4.40. The number of hydrogen-bond donors (Lipinski definition) is 1. The fourth-order valence-corrected chi connectivity index (χ4v) is 2.31. The number of hydrogen-bond acceptors (Lipinski definition) is 2. The summed E-state index contributed by atoms with van der Waals surface area (Å²) in [4.78, 5) is 3.06. The van der Waals surface area contributed by atoms with Crippen LogP contribution in [-0.4, -0.2) is 56.4 Å². The summed E-state index contributed by atoms with van der Waals surface area (Å²) < 4.78 is 1.91. The molecule has 2 aromatic rings. The standard InChI is InChI=1S/C7H4ClNS2.K/c8-4-1-2-5-6(3-4)11-7(10)9-5;/h1-3H,(H,9,10);. The number of aromatic nitrogens is 1. The van der Waals surface area contributed by atoms with Crippen LogP contribution < -0.4 is 0 Å². The minimum absolute atomic E-state index is 0. The van der Waals surface area contributed by atoms with E-state index < -0.39 is 0 Å². The zero-order valence-electron chi connectivity index (χ0n) is 6.43. The molecule has 0 unspecified atom stereocenters. The van der Waals surface area contributed by atoms with E-state index >= 15 is 0 Å². The number of benzene rings is 1. The van der Waals surface area contributed by atoms with Gasteiger partial charge in [0, 0.05) is 56.4 Å². The average molecular weight is 241 g/mol. The van der Waals surface area contributed by atoms with Gasteiger partial charge in [-0.2, -0.15) is 0 Å². The van der Waals surface area contributed by atoms with Gasteiger partial charge in [-0.25, -0.2) is 0 Å². The summed E-state index contributed by atoms with van der Waals surface area (Å²) >= 11 is 12.3. The first kappa shape index (κ1) is 11.3. The molecule has 1 aromatic heterocycles. The SMILES string of the molecule is S=c1[nH]c2ccc(Cl)cc2s1.[K]. The van der Waals surface area contributed by atoms with E-state index in [4.69, 9.17) is 23.8 Å². The molecule has 1 heterocycles.